The summed E-state index contributed by atoms with van der Waals surface area (Å²) in [6, 6.07) is 6.77. The van der Waals surface area contributed by atoms with Crippen LogP contribution >= 0.6 is 0 Å². The Kier molecular flexibility index (Phi) is 6.29. The van der Waals surface area contributed by atoms with Crippen molar-refractivity contribution in [2.24, 2.45) is 5.92 Å². The first-order chi connectivity index (χ1) is 11.4. The van der Waals surface area contributed by atoms with Crippen molar-refractivity contribution in [1.29, 1.82) is 0 Å². The van der Waals surface area contributed by atoms with Crippen LogP contribution in [-0.4, -0.2) is 43.3 Å². The van der Waals surface area contributed by atoms with Gasteiger partial charge in [0.05, 0.1) is 5.69 Å². The summed E-state index contributed by atoms with van der Waals surface area (Å²) in [5.41, 5.74) is 0.578. The van der Waals surface area contributed by atoms with Crippen LogP contribution < -0.4 is 15.0 Å². The maximum Gasteiger partial charge on any atom is 0.491 e. The van der Waals surface area contributed by atoms with Gasteiger partial charge in [-0.25, -0.2) is 4.79 Å². The molecule has 1 heterocycles. The number of hydrogen-bond donors (Lipinski definition) is 1. The molecule has 140 valence electrons. The first-order valence-electron chi connectivity index (χ1n) is 8.30. The Morgan fingerprint density at radius 1 is 1.16 bits per heavy atom. The summed E-state index contributed by atoms with van der Waals surface area (Å²) >= 11 is 0. The van der Waals surface area contributed by atoms with Gasteiger partial charge in [-0.15, -0.1) is 0 Å². The van der Waals surface area contributed by atoms with E-state index in [1.54, 1.807) is 18.2 Å². The normalized spacial score (nSPS) is 18.4. The maximum atomic E-state index is 12.5. The van der Waals surface area contributed by atoms with Crippen LogP contribution in [0, 0.1) is 5.92 Å². The number of rotatable bonds is 5. The van der Waals surface area contributed by atoms with Crippen molar-refractivity contribution < 1.29 is 28.2 Å². The Hall–Kier alpha value is -1.80. The number of halogens is 3. The van der Waals surface area contributed by atoms with Gasteiger partial charge in [0.15, 0.2) is 5.75 Å². The average Bonchev–Trinajstić information content (AvgIpc) is 3.37. The molecule has 3 rings (SSSR count). The van der Waals surface area contributed by atoms with Crippen molar-refractivity contribution in [3.05, 3.63) is 24.3 Å². The predicted octanol–water partition coefficient (Wildman–Crippen LogP) is 2.30. The molecular formula is C17H23F3N2O3. The van der Waals surface area contributed by atoms with Gasteiger partial charge in [0.25, 0.3) is 0 Å². The Balaban J connectivity index is 0.00000225. The summed E-state index contributed by atoms with van der Waals surface area (Å²) in [4.78, 5) is 13.4. The average molecular weight is 360 g/mol. The fourth-order valence-electron chi connectivity index (χ4n) is 3.08. The molecule has 1 aromatic rings. The number of hydrogen-bond acceptors (Lipinski definition) is 4. The van der Waals surface area contributed by atoms with E-state index in [0.717, 1.165) is 45.3 Å². The molecule has 1 saturated carbocycles. The topological polar surface area (TPSA) is 73.1 Å². The van der Waals surface area contributed by atoms with Crippen molar-refractivity contribution >= 4 is 11.7 Å². The zero-order valence-electron chi connectivity index (χ0n) is 13.8. The molecule has 1 saturated heterocycles. The van der Waals surface area contributed by atoms with E-state index in [0.29, 0.717) is 11.6 Å². The molecule has 8 heteroatoms. The molecule has 25 heavy (non-hydrogen) atoms. The third-order valence-electron chi connectivity index (χ3n) is 4.51. The molecule has 0 radical (unpaired) electrons. The van der Waals surface area contributed by atoms with Crippen molar-refractivity contribution in [3.63, 3.8) is 0 Å². The molecule has 5 nitrogen and oxygen atoms in total. The number of benzene rings is 1. The van der Waals surface area contributed by atoms with Crippen LogP contribution in [0.4, 0.5) is 18.9 Å². The van der Waals surface area contributed by atoms with Gasteiger partial charge in [0, 0.05) is 12.6 Å². The van der Waals surface area contributed by atoms with E-state index in [1.165, 1.54) is 6.07 Å². The van der Waals surface area contributed by atoms with Crippen LogP contribution in [0.3, 0.4) is 0 Å². The lowest BCUT2D eigenvalue weighted by molar-refractivity contribution is -0.189. The van der Waals surface area contributed by atoms with Gasteiger partial charge in [-0.2, -0.15) is 13.2 Å². The molecule has 0 bridgehead atoms. The summed E-state index contributed by atoms with van der Waals surface area (Å²) in [6.07, 6.45) is -0.857. The highest BCUT2D eigenvalue weighted by atomic mass is 19.4. The van der Waals surface area contributed by atoms with Gasteiger partial charge in [-0.05, 0) is 56.8 Å². The van der Waals surface area contributed by atoms with Gasteiger partial charge in [0.1, 0.15) is 0 Å². The van der Waals surface area contributed by atoms with Gasteiger partial charge >= 0.3 is 12.1 Å². The molecule has 1 aliphatic heterocycles. The lowest BCUT2D eigenvalue weighted by Gasteiger charge is -2.37. The SMILES string of the molecule is O.O=C(Oc1ccccc1N(CC1CC1)C1CCNCC1)C(F)(F)F. The molecule has 0 aromatic heterocycles. The van der Waals surface area contributed by atoms with Gasteiger partial charge in [-0.3, -0.25) is 0 Å². The van der Waals surface area contributed by atoms with Crippen LogP contribution in [0.5, 0.6) is 5.75 Å². The summed E-state index contributed by atoms with van der Waals surface area (Å²) in [5.74, 6) is -1.61. The summed E-state index contributed by atoms with van der Waals surface area (Å²) in [6.45, 7) is 2.57. The number of piperidine rings is 1. The zero-order valence-corrected chi connectivity index (χ0v) is 13.8. The molecule has 2 aliphatic rings. The number of esters is 1. The van der Waals surface area contributed by atoms with Crippen LogP contribution in [0.15, 0.2) is 24.3 Å². The smallest absolute Gasteiger partial charge is 0.418 e. The standard InChI is InChI=1S/C17H21F3N2O2.H2O/c18-17(19,20)16(23)24-15-4-2-1-3-14(15)22(11-12-5-6-12)13-7-9-21-10-8-13;/h1-4,12-13,21H,5-11H2;1H2. The molecule has 0 amide bonds. The molecule has 3 N–H and O–H groups in total. The lowest BCUT2D eigenvalue weighted by atomic mass is 10.0. The number of nitrogens with one attached hydrogen (secondary N) is 1. The fraction of sp³-hybridized carbons (Fsp3) is 0.588. The number of carbonyl (C=O) groups excluding carboxylic acids is 1. The monoisotopic (exact) mass is 360 g/mol. The van der Waals surface area contributed by atoms with Crippen LogP contribution in [0.2, 0.25) is 0 Å². The summed E-state index contributed by atoms with van der Waals surface area (Å²) < 4.78 is 42.3. The second-order valence-electron chi connectivity index (χ2n) is 6.43. The first kappa shape index (κ1) is 19.5. The van der Waals surface area contributed by atoms with E-state index in [1.807, 2.05) is 0 Å². The maximum absolute atomic E-state index is 12.5. The Bertz CT molecular complexity index is 585. The molecule has 2 fully saturated rings. The van der Waals surface area contributed by atoms with Crippen molar-refractivity contribution in [3.8, 4) is 5.75 Å². The minimum absolute atomic E-state index is 0. The third-order valence-corrected chi connectivity index (χ3v) is 4.51. The second-order valence-corrected chi connectivity index (χ2v) is 6.43. The number of alkyl halides is 3. The Morgan fingerprint density at radius 2 is 1.80 bits per heavy atom. The fourth-order valence-corrected chi connectivity index (χ4v) is 3.08. The van der Waals surface area contributed by atoms with Gasteiger partial charge in [0.2, 0.25) is 0 Å². The summed E-state index contributed by atoms with van der Waals surface area (Å²) in [7, 11) is 0. The molecule has 1 aromatic carbocycles. The molecule has 1 aliphatic carbocycles. The van der Waals surface area contributed by atoms with Crippen LogP contribution in [0.25, 0.3) is 0 Å². The number of ether oxygens (including phenoxy) is 1. The van der Waals surface area contributed by atoms with E-state index in [9.17, 15) is 18.0 Å². The largest absolute Gasteiger partial charge is 0.491 e. The van der Waals surface area contributed by atoms with E-state index >= 15 is 0 Å². The molecular weight excluding hydrogens is 337 g/mol. The number of nitrogens with zero attached hydrogens (tertiary/aromatic N) is 1. The zero-order chi connectivity index (χ0) is 17.2. The van der Waals surface area contributed by atoms with Crippen molar-refractivity contribution in [2.75, 3.05) is 24.5 Å². The highest BCUT2D eigenvalue weighted by Gasteiger charge is 2.42. The number of para-hydroxylation sites is 2. The summed E-state index contributed by atoms with van der Waals surface area (Å²) in [5, 5.41) is 3.30. The molecule has 0 unspecified atom stereocenters. The highest BCUT2D eigenvalue weighted by molar-refractivity contribution is 5.80. The highest BCUT2D eigenvalue weighted by Crippen LogP contribution is 2.37. The minimum Gasteiger partial charge on any atom is -0.418 e. The third kappa shape index (κ3) is 5.09. The minimum atomic E-state index is -5.00. The van der Waals surface area contributed by atoms with Crippen LogP contribution in [-0.2, 0) is 4.79 Å². The molecule has 0 atom stereocenters. The number of anilines is 1. The van der Waals surface area contributed by atoms with Gasteiger partial charge in [-0.1, -0.05) is 12.1 Å². The van der Waals surface area contributed by atoms with E-state index in [2.05, 4.69) is 15.0 Å². The van der Waals surface area contributed by atoms with Gasteiger partial charge < -0.3 is 20.4 Å². The van der Waals surface area contributed by atoms with E-state index in [-0.39, 0.29) is 17.3 Å². The molecule has 0 spiro atoms. The Labute approximate surface area is 144 Å². The first-order valence-corrected chi connectivity index (χ1v) is 8.30. The second kappa shape index (κ2) is 8.05. The van der Waals surface area contributed by atoms with E-state index < -0.39 is 12.1 Å². The van der Waals surface area contributed by atoms with Crippen LogP contribution in [0.1, 0.15) is 25.7 Å². The Morgan fingerprint density at radius 3 is 2.40 bits per heavy atom. The predicted molar refractivity (Wildman–Crippen MR) is 87.7 cm³/mol. The van der Waals surface area contributed by atoms with Crippen molar-refractivity contribution in [2.45, 2.75) is 37.9 Å². The number of carbonyl (C=O) groups is 1. The lowest BCUT2D eigenvalue weighted by Crippen LogP contribution is -2.44. The quantitative estimate of drug-likeness (QED) is 0.646. The van der Waals surface area contributed by atoms with Crippen molar-refractivity contribution in [1.82, 2.24) is 5.32 Å². The van der Waals surface area contributed by atoms with E-state index in [4.69, 9.17) is 0 Å².